The Labute approximate surface area is 159 Å². The Morgan fingerprint density at radius 2 is 2.00 bits per heavy atom. The maximum atomic E-state index is 13.1. The van der Waals surface area contributed by atoms with Gasteiger partial charge >= 0.3 is 6.09 Å². The number of piperidine rings is 1. The predicted octanol–water partition coefficient (Wildman–Crippen LogP) is 1.56. The molecule has 148 valence electrons. The summed E-state index contributed by atoms with van der Waals surface area (Å²) in [7, 11) is 1.70. The molecule has 0 saturated carbocycles. The molecule has 0 spiro atoms. The lowest BCUT2D eigenvalue weighted by atomic mass is 9.86. The molecule has 8 nitrogen and oxygen atoms in total. The fourth-order valence-electron chi connectivity index (χ4n) is 3.07. The van der Waals surface area contributed by atoms with Crippen LogP contribution in [0.25, 0.3) is 0 Å². The third-order valence-corrected chi connectivity index (χ3v) is 4.60. The number of pyridine rings is 1. The number of likely N-dealkylation sites (N-methyl/N-ethyl adjacent to an activating group) is 1. The van der Waals surface area contributed by atoms with E-state index < -0.39 is 11.1 Å². The van der Waals surface area contributed by atoms with Gasteiger partial charge < -0.3 is 15.0 Å². The standard InChI is InChI=1S/C19H28N4O4/c1-18(2,3)27-17(26)22-11-8-19(20-4,9-12-22)16(25)23(14-24)13-15-7-5-6-10-21-15/h5-7,10,14,20H,8-9,11-13H2,1-4H3. The maximum Gasteiger partial charge on any atom is 0.410 e. The zero-order chi connectivity index (χ0) is 20.1. The summed E-state index contributed by atoms with van der Waals surface area (Å²) >= 11 is 0. The Balaban J connectivity index is 2.05. The number of rotatable bonds is 5. The number of imide groups is 1. The van der Waals surface area contributed by atoms with Crippen LogP contribution in [0, 0.1) is 0 Å². The molecule has 0 unspecified atom stereocenters. The molecule has 1 N–H and O–H groups in total. The van der Waals surface area contributed by atoms with E-state index in [0.29, 0.717) is 38.0 Å². The van der Waals surface area contributed by atoms with Crippen molar-refractivity contribution in [3.05, 3.63) is 30.1 Å². The second-order valence-electron chi connectivity index (χ2n) is 7.66. The van der Waals surface area contributed by atoms with Crippen LogP contribution >= 0.6 is 0 Å². The number of aromatic nitrogens is 1. The van der Waals surface area contributed by atoms with Gasteiger partial charge in [0.1, 0.15) is 11.1 Å². The molecule has 2 rings (SSSR count). The Bertz CT molecular complexity index is 664. The number of carbonyl (C=O) groups is 3. The molecule has 0 radical (unpaired) electrons. The first-order valence-corrected chi connectivity index (χ1v) is 9.04. The molecule has 1 aromatic rings. The van der Waals surface area contributed by atoms with Gasteiger partial charge in [0, 0.05) is 19.3 Å². The van der Waals surface area contributed by atoms with Gasteiger partial charge in [0.25, 0.3) is 0 Å². The number of carbonyl (C=O) groups excluding carboxylic acids is 3. The van der Waals surface area contributed by atoms with E-state index in [0.717, 1.165) is 4.90 Å². The van der Waals surface area contributed by atoms with Gasteiger partial charge in [-0.05, 0) is 52.8 Å². The number of nitrogens with one attached hydrogen (secondary N) is 1. The number of nitrogens with zero attached hydrogens (tertiary/aromatic N) is 3. The van der Waals surface area contributed by atoms with E-state index >= 15 is 0 Å². The maximum absolute atomic E-state index is 13.1. The summed E-state index contributed by atoms with van der Waals surface area (Å²) in [4.78, 5) is 43.8. The highest BCUT2D eigenvalue weighted by molar-refractivity contribution is 5.93. The first-order chi connectivity index (χ1) is 12.7. The van der Waals surface area contributed by atoms with Gasteiger partial charge in [-0.3, -0.25) is 19.5 Å². The van der Waals surface area contributed by atoms with Crippen molar-refractivity contribution in [3.63, 3.8) is 0 Å². The largest absolute Gasteiger partial charge is 0.444 e. The Morgan fingerprint density at radius 3 is 2.48 bits per heavy atom. The van der Waals surface area contributed by atoms with Gasteiger partial charge in [0.2, 0.25) is 12.3 Å². The molecule has 1 aromatic heterocycles. The number of ether oxygens (including phenoxy) is 1. The fourth-order valence-corrected chi connectivity index (χ4v) is 3.07. The third-order valence-electron chi connectivity index (χ3n) is 4.60. The number of hydrogen-bond donors (Lipinski definition) is 1. The van der Waals surface area contributed by atoms with Gasteiger partial charge in [-0.15, -0.1) is 0 Å². The number of amides is 3. The summed E-state index contributed by atoms with van der Waals surface area (Å²) < 4.78 is 5.39. The predicted molar refractivity (Wildman–Crippen MR) is 99.7 cm³/mol. The third kappa shape index (κ3) is 5.26. The van der Waals surface area contributed by atoms with Crippen LogP contribution in [0.5, 0.6) is 0 Å². The van der Waals surface area contributed by atoms with Crippen LogP contribution in [0.2, 0.25) is 0 Å². The van der Waals surface area contributed by atoms with E-state index in [1.54, 1.807) is 30.3 Å². The molecule has 0 bridgehead atoms. The minimum atomic E-state index is -0.895. The molecular weight excluding hydrogens is 348 g/mol. The Kier molecular flexibility index (Phi) is 6.54. The molecule has 0 atom stereocenters. The SMILES string of the molecule is CNC1(C(=O)N(C=O)Cc2ccccn2)CCN(C(=O)OC(C)(C)C)CC1. The van der Waals surface area contributed by atoms with E-state index in [1.165, 1.54) is 0 Å². The monoisotopic (exact) mass is 376 g/mol. The molecule has 8 heteroatoms. The highest BCUT2D eigenvalue weighted by atomic mass is 16.6. The summed E-state index contributed by atoms with van der Waals surface area (Å²) in [6.07, 6.45) is 2.56. The normalized spacial score (nSPS) is 16.5. The first kappa shape index (κ1) is 20.8. The van der Waals surface area contributed by atoms with Crippen LogP contribution in [-0.4, -0.2) is 64.5 Å². The van der Waals surface area contributed by atoms with Crippen molar-refractivity contribution in [2.75, 3.05) is 20.1 Å². The second kappa shape index (κ2) is 8.47. The Morgan fingerprint density at radius 1 is 1.33 bits per heavy atom. The van der Waals surface area contributed by atoms with Gasteiger partial charge in [-0.2, -0.15) is 0 Å². The van der Waals surface area contributed by atoms with Crippen LogP contribution < -0.4 is 5.32 Å². The topological polar surface area (TPSA) is 91.8 Å². The summed E-state index contributed by atoms with van der Waals surface area (Å²) in [5.74, 6) is -0.311. The van der Waals surface area contributed by atoms with Crippen molar-refractivity contribution < 1.29 is 19.1 Å². The highest BCUT2D eigenvalue weighted by Gasteiger charge is 2.44. The number of likely N-dealkylation sites (tertiary alicyclic amines) is 1. The fraction of sp³-hybridized carbons (Fsp3) is 0.579. The average Bonchev–Trinajstić information content (AvgIpc) is 2.65. The lowest BCUT2D eigenvalue weighted by Gasteiger charge is -2.42. The van der Waals surface area contributed by atoms with E-state index in [-0.39, 0.29) is 18.5 Å². The molecule has 3 amide bonds. The van der Waals surface area contributed by atoms with Crippen molar-refractivity contribution in [1.82, 2.24) is 20.1 Å². The highest BCUT2D eigenvalue weighted by Crippen LogP contribution is 2.26. The van der Waals surface area contributed by atoms with Crippen LogP contribution in [-0.2, 0) is 20.9 Å². The van der Waals surface area contributed by atoms with Crippen LogP contribution in [0.3, 0.4) is 0 Å². The molecule has 1 aliphatic heterocycles. The average molecular weight is 376 g/mol. The van der Waals surface area contributed by atoms with Crippen LogP contribution in [0.15, 0.2) is 24.4 Å². The van der Waals surface area contributed by atoms with Crippen LogP contribution in [0.4, 0.5) is 4.79 Å². The van der Waals surface area contributed by atoms with Gasteiger partial charge in [0.05, 0.1) is 12.2 Å². The molecular formula is C19H28N4O4. The van der Waals surface area contributed by atoms with Crippen molar-refractivity contribution >= 4 is 18.4 Å². The van der Waals surface area contributed by atoms with Crippen molar-refractivity contribution in [2.45, 2.75) is 51.3 Å². The zero-order valence-corrected chi connectivity index (χ0v) is 16.4. The summed E-state index contributed by atoms with van der Waals surface area (Å²) in [5.41, 5.74) is -0.828. The van der Waals surface area contributed by atoms with E-state index in [4.69, 9.17) is 4.74 Å². The number of hydrogen-bond acceptors (Lipinski definition) is 6. The summed E-state index contributed by atoms with van der Waals surface area (Å²) in [5, 5.41) is 3.08. The molecule has 1 fully saturated rings. The van der Waals surface area contributed by atoms with Gasteiger partial charge in [0.15, 0.2) is 0 Å². The lowest BCUT2D eigenvalue weighted by Crippen LogP contribution is -2.62. The summed E-state index contributed by atoms with van der Waals surface area (Å²) in [6.45, 7) is 6.31. The molecule has 2 heterocycles. The Hall–Kier alpha value is -2.48. The molecule has 0 aromatic carbocycles. The van der Waals surface area contributed by atoms with Crippen molar-refractivity contribution in [3.8, 4) is 0 Å². The summed E-state index contributed by atoms with van der Waals surface area (Å²) in [6, 6.07) is 5.35. The van der Waals surface area contributed by atoms with E-state index in [1.807, 2.05) is 26.8 Å². The van der Waals surface area contributed by atoms with Crippen LogP contribution in [0.1, 0.15) is 39.3 Å². The van der Waals surface area contributed by atoms with E-state index in [9.17, 15) is 14.4 Å². The second-order valence-corrected chi connectivity index (χ2v) is 7.66. The minimum Gasteiger partial charge on any atom is -0.444 e. The molecule has 27 heavy (non-hydrogen) atoms. The smallest absolute Gasteiger partial charge is 0.410 e. The van der Waals surface area contributed by atoms with E-state index in [2.05, 4.69) is 10.3 Å². The molecule has 0 aliphatic carbocycles. The minimum absolute atomic E-state index is 0.113. The van der Waals surface area contributed by atoms with Gasteiger partial charge in [-0.1, -0.05) is 6.07 Å². The van der Waals surface area contributed by atoms with Gasteiger partial charge in [-0.25, -0.2) is 4.79 Å². The first-order valence-electron chi connectivity index (χ1n) is 9.04. The van der Waals surface area contributed by atoms with Crippen molar-refractivity contribution in [1.29, 1.82) is 0 Å². The lowest BCUT2D eigenvalue weighted by molar-refractivity contribution is -0.146. The molecule has 1 saturated heterocycles. The van der Waals surface area contributed by atoms with Crippen molar-refractivity contribution in [2.24, 2.45) is 0 Å². The quantitative estimate of drug-likeness (QED) is 0.784. The molecule has 1 aliphatic rings. The zero-order valence-electron chi connectivity index (χ0n) is 16.4.